The van der Waals surface area contributed by atoms with Crippen molar-refractivity contribution in [1.82, 2.24) is 14.5 Å². The van der Waals surface area contributed by atoms with Gasteiger partial charge in [-0.3, -0.25) is 4.79 Å². The molecule has 1 aliphatic heterocycles. The number of carbonyl (C=O) groups is 1. The predicted molar refractivity (Wildman–Crippen MR) is 97.4 cm³/mol. The molecule has 8 heteroatoms. The van der Waals surface area contributed by atoms with E-state index in [4.69, 9.17) is 0 Å². The molecule has 2 aliphatic rings. The SMILES string of the molecule is CC1(O)CC(C(=O)N2CCC(Cn3c(C(F)(F)F)cc4cccnc43)CC2)C1. The molecule has 0 bridgehead atoms. The number of rotatable bonds is 3. The molecular weight excluding hydrogens is 371 g/mol. The second-order valence-electron chi connectivity index (χ2n) is 8.42. The summed E-state index contributed by atoms with van der Waals surface area (Å²) in [5.41, 5.74) is -1.06. The Balaban J connectivity index is 1.43. The monoisotopic (exact) mass is 395 g/mol. The summed E-state index contributed by atoms with van der Waals surface area (Å²) in [6, 6.07) is 4.43. The van der Waals surface area contributed by atoms with E-state index in [9.17, 15) is 23.1 Å². The van der Waals surface area contributed by atoms with Crippen molar-refractivity contribution in [1.29, 1.82) is 0 Å². The molecule has 2 fully saturated rings. The minimum Gasteiger partial charge on any atom is -0.390 e. The van der Waals surface area contributed by atoms with Crippen LogP contribution >= 0.6 is 0 Å². The number of halogens is 3. The number of hydrogen-bond donors (Lipinski definition) is 1. The molecule has 1 saturated carbocycles. The van der Waals surface area contributed by atoms with Crippen LogP contribution in [0.25, 0.3) is 11.0 Å². The van der Waals surface area contributed by atoms with Crippen LogP contribution in [0.2, 0.25) is 0 Å². The summed E-state index contributed by atoms with van der Waals surface area (Å²) in [6.07, 6.45) is -0.618. The first kappa shape index (κ1) is 19.2. The molecule has 2 aromatic rings. The molecule has 3 heterocycles. The number of likely N-dealkylation sites (tertiary alicyclic amines) is 1. The average Bonchev–Trinajstić information content (AvgIpc) is 2.99. The summed E-state index contributed by atoms with van der Waals surface area (Å²) < 4.78 is 41.7. The zero-order valence-corrected chi connectivity index (χ0v) is 15.7. The highest BCUT2D eigenvalue weighted by atomic mass is 19.4. The van der Waals surface area contributed by atoms with Crippen LogP contribution in [0.3, 0.4) is 0 Å². The van der Waals surface area contributed by atoms with Crippen molar-refractivity contribution in [3.8, 4) is 0 Å². The molecule has 1 aliphatic carbocycles. The molecule has 5 nitrogen and oxygen atoms in total. The van der Waals surface area contributed by atoms with E-state index in [2.05, 4.69) is 4.98 Å². The number of nitrogens with zero attached hydrogens (tertiary/aromatic N) is 3. The maximum absolute atomic E-state index is 13.5. The lowest BCUT2D eigenvalue weighted by atomic mass is 9.71. The van der Waals surface area contributed by atoms with Crippen molar-refractivity contribution in [2.75, 3.05) is 13.1 Å². The van der Waals surface area contributed by atoms with Crippen LogP contribution in [-0.2, 0) is 17.5 Å². The van der Waals surface area contributed by atoms with Crippen molar-refractivity contribution in [2.24, 2.45) is 11.8 Å². The van der Waals surface area contributed by atoms with Crippen LogP contribution in [0.5, 0.6) is 0 Å². The molecule has 0 unspecified atom stereocenters. The first-order valence-corrected chi connectivity index (χ1v) is 9.67. The molecule has 0 aromatic carbocycles. The van der Waals surface area contributed by atoms with Gasteiger partial charge >= 0.3 is 6.18 Å². The van der Waals surface area contributed by atoms with E-state index in [0.29, 0.717) is 49.8 Å². The fourth-order valence-electron chi connectivity index (χ4n) is 4.54. The number of carbonyl (C=O) groups excluding carboxylic acids is 1. The normalized spacial score (nSPS) is 26.5. The van der Waals surface area contributed by atoms with E-state index in [0.717, 1.165) is 6.07 Å². The van der Waals surface area contributed by atoms with Crippen molar-refractivity contribution >= 4 is 16.9 Å². The van der Waals surface area contributed by atoms with Gasteiger partial charge in [0.05, 0.1) is 5.60 Å². The second kappa shape index (κ2) is 6.76. The molecule has 0 spiro atoms. The van der Waals surface area contributed by atoms with Crippen LogP contribution < -0.4 is 0 Å². The van der Waals surface area contributed by atoms with Gasteiger partial charge in [-0.2, -0.15) is 13.2 Å². The zero-order valence-electron chi connectivity index (χ0n) is 15.7. The number of aliphatic hydroxyl groups is 1. The van der Waals surface area contributed by atoms with Gasteiger partial charge in [-0.25, -0.2) is 4.98 Å². The van der Waals surface area contributed by atoms with Gasteiger partial charge in [0.25, 0.3) is 0 Å². The maximum atomic E-state index is 13.5. The third-order valence-corrected chi connectivity index (χ3v) is 6.03. The number of aromatic nitrogens is 2. The van der Waals surface area contributed by atoms with Crippen molar-refractivity contribution in [2.45, 2.75) is 50.9 Å². The van der Waals surface area contributed by atoms with Crippen LogP contribution in [0.15, 0.2) is 24.4 Å². The minimum atomic E-state index is -4.43. The lowest BCUT2D eigenvalue weighted by Crippen LogP contribution is -2.51. The van der Waals surface area contributed by atoms with Crippen molar-refractivity contribution in [3.05, 3.63) is 30.1 Å². The zero-order chi connectivity index (χ0) is 20.1. The largest absolute Gasteiger partial charge is 0.431 e. The molecule has 0 atom stereocenters. The van der Waals surface area contributed by atoms with E-state index < -0.39 is 17.5 Å². The average molecular weight is 395 g/mol. The molecule has 2 aromatic heterocycles. The highest BCUT2D eigenvalue weighted by Gasteiger charge is 2.44. The third kappa shape index (κ3) is 3.62. The number of piperidine rings is 1. The first-order chi connectivity index (χ1) is 13.1. The molecule has 4 rings (SSSR count). The smallest absolute Gasteiger partial charge is 0.390 e. The summed E-state index contributed by atoms with van der Waals surface area (Å²) in [7, 11) is 0. The molecule has 1 N–H and O–H groups in total. The topological polar surface area (TPSA) is 58.4 Å². The van der Waals surface area contributed by atoms with Gasteiger partial charge < -0.3 is 14.6 Å². The van der Waals surface area contributed by atoms with Crippen LogP contribution in [0, 0.1) is 11.8 Å². The number of pyridine rings is 1. The van der Waals surface area contributed by atoms with E-state index in [1.807, 2.05) is 0 Å². The number of amides is 1. The Morgan fingerprint density at radius 2 is 2.00 bits per heavy atom. The third-order valence-electron chi connectivity index (χ3n) is 6.03. The first-order valence-electron chi connectivity index (χ1n) is 9.67. The van der Waals surface area contributed by atoms with E-state index in [1.165, 1.54) is 10.8 Å². The molecule has 0 radical (unpaired) electrons. The highest BCUT2D eigenvalue weighted by molar-refractivity contribution is 5.80. The Hall–Kier alpha value is -2.09. The second-order valence-corrected chi connectivity index (χ2v) is 8.42. The van der Waals surface area contributed by atoms with Gasteiger partial charge in [-0.05, 0) is 56.7 Å². The van der Waals surface area contributed by atoms with E-state index in [1.54, 1.807) is 24.0 Å². The van der Waals surface area contributed by atoms with Gasteiger partial charge in [0.2, 0.25) is 5.91 Å². The molecule has 152 valence electrons. The van der Waals surface area contributed by atoms with E-state index >= 15 is 0 Å². The van der Waals surface area contributed by atoms with Gasteiger partial charge in [0.15, 0.2) is 0 Å². The highest BCUT2D eigenvalue weighted by Crippen LogP contribution is 2.39. The van der Waals surface area contributed by atoms with Crippen LogP contribution in [0.4, 0.5) is 13.2 Å². The summed E-state index contributed by atoms with van der Waals surface area (Å²) >= 11 is 0. The van der Waals surface area contributed by atoms with Gasteiger partial charge in [-0.1, -0.05) is 0 Å². The summed E-state index contributed by atoms with van der Waals surface area (Å²) in [5, 5.41) is 10.3. The summed E-state index contributed by atoms with van der Waals surface area (Å²) in [5.74, 6) is 0.00210. The Labute approximate surface area is 161 Å². The fourth-order valence-corrected chi connectivity index (χ4v) is 4.54. The standard InChI is InChI=1S/C20H24F3N3O2/c1-19(28)10-15(11-19)18(27)25-7-4-13(5-8-25)12-26-16(20(21,22)23)9-14-3-2-6-24-17(14)26/h2-3,6,9,13,15,28H,4-5,7-8,10-12H2,1H3. The molecule has 1 amide bonds. The summed E-state index contributed by atoms with van der Waals surface area (Å²) in [6.45, 7) is 3.08. The number of alkyl halides is 3. The molecule has 1 saturated heterocycles. The Bertz CT molecular complexity index is 874. The van der Waals surface area contributed by atoms with E-state index in [-0.39, 0.29) is 24.3 Å². The quantitative estimate of drug-likeness (QED) is 0.866. The Morgan fingerprint density at radius 3 is 2.61 bits per heavy atom. The van der Waals surface area contributed by atoms with Gasteiger partial charge in [-0.15, -0.1) is 0 Å². The van der Waals surface area contributed by atoms with Crippen LogP contribution in [-0.4, -0.2) is 44.2 Å². The number of hydrogen-bond acceptors (Lipinski definition) is 3. The fraction of sp³-hybridized carbons (Fsp3) is 0.600. The Kier molecular flexibility index (Phi) is 4.64. The van der Waals surface area contributed by atoms with Gasteiger partial charge in [0.1, 0.15) is 11.3 Å². The maximum Gasteiger partial charge on any atom is 0.431 e. The number of fused-ring (bicyclic) bond motifs is 1. The summed E-state index contributed by atoms with van der Waals surface area (Å²) in [4.78, 5) is 18.5. The van der Waals surface area contributed by atoms with Crippen LogP contribution in [0.1, 0.15) is 38.3 Å². The van der Waals surface area contributed by atoms with Crippen molar-refractivity contribution < 1.29 is 23.1 Å². The minimum absolute atomic E-state index is 0.0623. The molecule has 28 heavy (non-hydrogen) atoms. The predicted octanol–water partition coefficient (Wildman–Crippen LogP) is 3.45. The lowest BCUT2D eigenvalue weighted by Gasteiger charge is -2.43. The Morgan fingerprint density at radius 1 is 1.32 bits per heavy atom. The van der Waals surface area contributed by atoms with Gasteiger partial charge in [0, 0.05) is 37.1 Å². The molecular formula is C20H24F3N3O2. The lowest BCUT2D eigenvalue weighted by molar-refractivity contribution is -0.151. The van der Waals surface area contributed by atoms with Crippen molar-refractivity contribution in [3.63, 3.8) is 0 Å².